The van der Waals surface area contributed by atoms with Gasteiger partial charge in [0.1, 0.15) is 5.75 Å². The normalized spacial score (nSPS) is 10.0. The highest BCUT2D eigenvalue weighted by molar-refractivity contribution is 14.1. The largest absolute Gasteiger partial charge is 0.496 e. The van der Waals surface area contributed by atoms with Gasteiger partial charge < -0.3 is 15.4 Å². The fourth-order valence-corrected chi connectivity index (χ4v) is 2.33. The minimum atomic E-state index is -0.260. The molecule has 2 aromatic rings. The molecule has 0 bridgehead atoms. The van der Waals surface area contributed by atoms with E-state index < -0.39 is 0 Å². The molecule has 0 saturated heterocycles. The van der Waals surface area contributed by atoms with E-state index in [1.54, 1.807) is 24.3 Å². The van der Waals surface area contributed by atoms with Crippen LogP contribution in [0.3, 0.4) is 0 Å². The third kappa shape index (κ3) is 5.24. The second kappa shape index (κ2) is 8.52. The third-order valence-corrected chi connectivity index (χ3v) is 3.84. The molecule has 0 fully saturated rings. The maximum Gasteiger partial charge on any atom is 0.255 e. The zero-order valence-electron chi connectivity index (χ0n) is 12.6. The van der Waals surface area contributed by atoms with Gasteiger partial charge in [-0.3, -0.25) is 9.59 Å². The first-order valence-electron chi connectivity index (χ1n) is 7.07. The molecule has 23 heavy (non-hydrogen) atoms. The highest BCUT2D eigenvalue weighted by Gasteiger charge is 2.11. The van der Waals surface area contributed by atoms with Crippen molar-refractivity contribution in [2.75, 3.05) is 19.0 Å². The van der Waals surface area contributed by atoms with Gasteiger partial charge in [0.25, 0.3) is 5.91 Å². The Hall–Kier alpha value is -2.09. The summed E-state index contributed by atoms with van der Waals surface area (Å²) in [7, 11) is 1.51. The van der Waals surface area contributed by atoms with Crippen molar-refractivity contribution >= 4 is 40.1 Å². The topological polar surface area (TPSA) is 67.4 Å². The third-order valence-electron chi connectivity index (χ3n) is 3.12. The minimum absolute atomic E-state index is 0.147. The van der Waals surface area contributed by atoms with Crippen LogP contribution in [0.2, 0.25) is 0 Å². The smallest absolute Gasteiger partial charge is 0.255 e. The first-order valence-corrected chi connectivity index (χ1v) is 8.14. The number of hydrogen-bond acceptors (Lipinski definition) is 3. The summed E-state index contributed by atoms with van der Waals surface area (Å²) in [5.41, 5.74) is 1.19. The predicted molar refractivity (Wildman–Crippen MR) is 97.7 cm³/mol. The Morgan fingerprint density at radius 3 is 2.48 bits per heavy atom. The average Bonchev–Trinajstić information content (AvgIpc) is 2.56. The molecule has 0 aliphatic heterocycles. The molecule has 2 amide bonds. The molecule has 2 N–H and O–H groups in total. The number of benzene rings is 2. The van der Waals surface area contributed by atoms with Crippen LogP contribution >= 0.6 is 22.6 Å². The molecule has 0 aliphatic rings. The Morgan fingerprint density at radius 1 is 1.09 bits per heavy atom. The monoisotopic (exact) mass is 424 g/mol. The molecule has 0 heterocycles. The van der Waals surface area contributed by atoms with Crippen molar-refractivity contribution in [2.24, 2.45) is 0 Å². The van der Waals surface area contributed by atoms with Crippen LogP contribution in [-0.2, 0) is 4.79 Å². The molecule has 0 aliphatic carbocycles. The van der Waals surface area contributed by atoms with Gasteiger partial charge in [0.05, 0.1) is 12.7 Å². The summed E-state index contributed by atoms with van der Waals surface area (Å²) in [5.74, 6) is 0.101. The number of para-hydroxylation sites is 1. The number of methoxy groups -OCH3 is 1. The Kier molecular flexibility index (Phi) is 6.40. The summed E-state index contributed by atoms with van der Waals surface area (Å²) in [6, 6.07) is 14.5. The highest BCUT2D eigenvalue weighted by atomic mass is 127. The summed E-state index contributed by atoms with van der Waals surface area (Å²) < 4.78 is 6.24. The van der Waals surface area contributed by atoms with Crippen LogP contribution in [0.15, 0.2) is 48.5 Å². The molecule has 120 valence electrons. The van der Waals surface area contributed by atoms with Crippen LogP contribution < -0.4 is 15.4 Å². The van der Waals surface area contributed by atoms with E-state index in [-0.39, 0.29) is 24.8 Å². The summed E-state index contributed by atoms with van der Waals surface area (Å²) in [6.07, 6.45) is 0.201. The number of anilines is 1. The van der Waals surface area contributed by atoms with E-state index in [1.165, 1.54) is 7.11 Å². The van der Waals surface area contributed by atoms with E-state index in [1.807, 2.05) is 24.3 Å². The predicted octanol–water partition coefficient (Wildman–Crippen LogP) is 3.06. The van der Waals surface area contributed by atoms with Crippen LogP contribution in [-0.4, -0.2) is 25.5 Å². The van der Waals surface area contributed by atoms with Crippen molar-refractivity contribution < 1.29 is 14.3 Å². The molecule has 2 aromatic carbocycles. The van der Waals surface area contributed by atoms with E-state index in [2.05, 4.69) is 33.2 Å². The second-order valence-corrected chi connectivity index (χ2v) is 6.01. The molecule has 0 aromatic heterocycles. The van der Waals surface area contributed by atoms with Crippen molar-refractivity contribution in [3.05, 3.63) is 57.7 Å². The van der Waals surface area contributed by atoms with Crippen molar-refractivity contribution in [3.63, 3.8) is 0 Å². The van der Waals surface area contributed by atoms with Crippen LogP contribution in [0.5, 0.6) is 5.75 Å². The average molecular weight is 424 g/mol. The van der Waals surface area contributed by atoms with Crippen LogP contribution in [0, 0.1) is 3.57 Å². The standard InChI is InChI=1S/C17H17IN2O3/c1-23-15-5-3-2-4-14(15)17(22)19-11-10-16(21)20-13-8-6-12(18)7-9-13/h2-9H,10-11H2,1H3,(H,19,22)(H,20,21). The summed E-state index contributed by atoms with van der Waals surface area (Å²) in [6.45, 7) is 0.257. The molecule has 6 heteroatoms. The van der Waals surface area contributed by atoms with Gasteiger partial charge in [-0.15, -0.1) is 0 Å². The lowest BCUT2D eigenvalue weighted by Crippen LogP contribution is -2.28. The van der Waals surface area contributed by atoms with E-state index in [9.17, 15) is 9.59 Å². The second-order valence-electron chi connectivity index (χ2n) is 4.76. The van der Waals surface area contributed by atoms with Gasteiger partial charge in [-0.05, 0) is 59.0 Å². The lowest BCUT2D eigenvalue weighted by atomic mass is 10.2. The van der Waals surface area contributed by atoms with Crippen molar-refractivity contribution in [3.8, 4) is 5.75 Å². The number of amides is 2. The van der Waals surface area contributed by atoms with E-state index >= 15 is 0 Å². The van der Waals surface area contributed by atoms with Crippen molar-refractivity contribution in [1.82, 2.24) is 5.32 Å². The molecule has 2 rings (SSSR count). The number of carbonyl (C=O) groups is 2. The lowest BCUT2D eigenvalue weighted by molar-refractivity contribution is -0.116. The maximum absolute atomic E-state index is 12.1. The van der Waals surface area contributed by atoms with Gasteiger partial charge in [-0.25, -0.2) is 0 Å². The molecular weight excluding hydrogens is 407 g/mol. The van der Waals surface area contributed by atoms with Crippen molar-refractivity contribution in [2.45, 2.75) is 6.42 Å². The van der Waals surface area contributed by atoms with Crippen LogP contribution in [0.25, 0.3) is 0 Å². The number of rotatable bonds is 6. The molecular formula is C17H17IN2O3. The fourth-order valence-electron chi connectivity index (χ4n) is 1.97. The number of hydrogen-bond donors (Lipinski definition) is 2. The summed E-state index contributed by atoms with van der Waals surface area (Å²) in [5, 5.41) is 5.51. The Labute approximate surface area is 148 Å². The molecule has 0 spiro atoms. The summed E-state index contributed by atoms with van der Waals surface area (Å²) >= 11 is 2.20. The maximum atomic E-state index is 12.1. The van der Waals surface area contributed by atoms with Crippen LogP contribution in [0.4, 0.5) is 5.69 Å². The minimum Gasteiger partial charge on any atom is -0.496 e. The number of halogens is 1. The molecule has 0 atom stereocenters. The van der Waals surface area contributed by atoms with Gasteiger partial charge >= 0.3 is 0 Å². The first-order chi connectivity index (χ1) is 11.1. The molecule has 0 saturated carbocycles. The molecule has 5 nitrogen and oxygen atoms in total. The van der Waals surface area contributed by atoms with Crippen LogP contribution in [0.1, 0.15) is 16.8 Å². The van der Waals surface area contributed by atoms with E-state index in [0.717, 1.165) is 9.26 Å². The van der Waals surface area contributed by atoms with Crippen molar-refractivity contribution in [1.29, 1.82) is 0 Å². The zero-order valence-corrected chi connectivity index (χ0v) is 14.8. The molecule has 0 radical (unpaired) electrons. The fraction of sp³-hybridized carbons (Fsp3) is 0.176. The van der Waals surface area contributed by atoms with E-state index in [4.69, 9.17) is 4.74 Å². The SMILES string of the molecule is COc1ccccc1C(=O)NCCC(=O)Nc1ccc(I)cc1. The van der Waals surface area contributed by atoms with Gasteiger partial charge in [0.2, 0.25) is 5.91 Å². The van der Waals surface area contributed by atoms with Gasteiger partial charge in [-0.2, -0.15) is 0 Å². The first kappa shape index (κ1) is 17.3. The number of ether oxygens (including phenoxy) is 1. The zero-order chi connectivity index (χ0) is 16.7. The van der Waals surface area contributed by atoms with Gasteiger partial charge in [-0.1, -0.05) is 12.1 Å². The lowest BCUT2D eigenvalue weighted by Gasteiger charge is -2.09. The Bertz CT molecular complexity index is 686. The number of carbonyl (C=O) groups excluding carboxylic acids is 2. The van der Waals surface area contributed by atoms with Gasteiger partial charge in [0, 0.05) is 22.2 Å². The van der Waals surface area contributed by atoms with Gasteiger partial charge in [0.15, 0.2) is 0 Å². The Balaban J connectivity index is 1.81. The Morgan fingerprint density at radius 2 is 1.78 bits per heavy atom. The van der Waals surface area contributed by atoms with E-state index in [0.29, 0.717) is 11.3 Å². The summed E-state index contributed by atoms with van der Waals surface area (Å²) in [4.78, 5) is 23.9. The molecule has 0 unspecified atom stereocenters. The quantitative estimate of drug-likeness (QED) is 0.701. The number of nitrogens with one attached hydrogen (secondary N) is 2. The highest BCUT2D eigenvalue weighted by Crippen LogP contribution is 2.16.